The lowest BCUT2D eigenvalue weighted by Gasteiger charge is -2.21. The molecule has 0 bridgehead atoms. The zero-order valence-corrected chi connectivity index (χ0v) is 11.2. The largest absolute Gasteiger partial charge is 0.0833 e. The molecule has 0 fully saturated rings. The van der Waals surface area contributed by atoms with Crippen LogP contribution >= 0.6 is 39.1 Å². The van der Waals surface area contributed by atoms with Gasteiger partial charge in [-0.05, 0) is 29.0 Å². The van der Waals surface area contributed by atoms with Crippen LogP contribution in [0.5, 0.6) is 0 Å². The molecule has 1 aromatic rings. The predicted octanol–water partition coefficient (Wildman–Crippen LogP) is 5.01. The molecule has 0 saturated heterocycles. The Labute approximate surface area is 103 Å². The van der Waals surface area contributed by atoms with E-state index in [1.54, 1.807) is 0 Å². The molecule has 0 nitrogen and oxygen atoms in total. The summed E-state index contributed by atoms with van der Waals surface area (Å²) in [5.41, 5.74) is 2.70. The van der Waals surface area contributed by atoms with Crippen LogP contribution in [0, 0.1) is 5.41 Å². The van der Waals surface area contributed by atoms with Gasteiger partial charge < -0.3 is 0 Å². The van der Waals surface area contributed by atoms with Gasteiger partial charge in [-0.25, -0.2) is 0 Å². The Bertz CT molecular complexity index is 385. The maximum Gasteiger partial charge on any atom is 0.0627 e. The maximum atomic E-state index is 6.18. The smallest absolute Gasteiger partial charge is 0.0627 e. The lowest BCUT2D eigenvalue weighted by Crippen LogP contribution is -2.12. The highest BCUT2D eigenvalue weighted by Crippen LogP contribution is 2.52. The van der Waals surface area contributed by atoms with Crippen molar-refractivity contribution in [2.45, 2.75) is 25.1 Å². The van der Waals surface area contributed by atoms with Crippen LogP contribution in [0.15, 0.2) is 12.1 Å². The first-order valence-corrected chi connectivity index (χ1v) is 6.21. The highest BCUT2D eigenvalue weighted by molar-refractivity contribution is 9.09. The summed E-state index contributed by atoms with van der Waals surface area (Å²) in [6.07, 6.45) is 0.984. The Morgan fingerprint density at radius 2 is 2.00 bits per heavy atom. The Hall–Kier alpha value is 0.280. The lowest BCUT2D eigenvalue weighted by molar-refractivity contribution is 0.389. The molecule has 76 valence electrons. The highest BCUT2D eigenvalue weighted by Gasteiger charge is 2.38. The summed E-state index contributed by atoms with van der Waals surface area (Å²) in [4.78, 5) is 0.375. The number of benzene rings is 1. The summed E-state index contributed by atoms with van der Waals surface area (Å²) in [5.74, 6) is 0. The van der Waals surface area contributed by atoms with E-state index in [1.165, 1.54) is 11.1 Å². The molecule has 0 saturated carbocycles. The summed E-state index contributed by atoms with van der Waals surface area (Å²) < 4.78 is 0. The van der Waals surface area contributed by atoms with Crippen LogP contribution in [0.3, 0.4) is 0 Å². The Kier molecular flexibility index (Phi) is 2.62. The zero-order chi connectivity index (χ0) is 10.5. The fourth-order valence-electron chi connectivity index (χ4n) is 1.99. The van der Waals surface area contributed by atoms with Crippen LogP contribution in [-0.4, -0.2) is 0 Å². The molecule has 0 N–H and O–H groups in total. The van der Waals surface area contributed by atoms with Gasteiger partial charge in [-0.2, -0.15) is 0 Å². The molecule has 0 aromatic heterocycles. The van der Waals surface area contributed by atoms with Crippen LogP contribution in [0.4, 0.5) is 0 Å². The molecular formula is C11H11BrCl2. The zero-order valence-electron chi connectivity index (χ0n) is 8.07. The molecule has 0 spiro atoms. The summed E-state index contributed by atoms with van der Waals surface area (Å²) >= 11 is 15.9. The fourth-order valence-corrected chi connectivity index (χ4v) is 3.00. The number of hydrogen-bond acceptors (Lipinski definition) is 0. The molecule has 0 heterocycles. The maximum absolute atomic E-state index is 6.18. The van der Waals surface area contributed by atoms with Crippen molar-refractivity contribution in [3.8, 4) is 0 Å². The van der Waals surface area contributed by atoms with Crippen molar-refractivity contribution < 1.29 is 0 Å². The van der Waals surface area contributed by atoms with E-state index < -0.39 is 0 Å². The van der Waals surface area contributed by atoms with E-state index in [0.717, 1.165) is 11.4 Å². The minimum absolute atomic E-state index is 0.219. The first-order valence-electron chi connectivity index (χ1n) is 4.54. The first kappa shape index (κ1) is 10.8. The molecule has 1 aliphatic rings. The summed E-state index contributed by atoms with van der Waals surface area (Å²) in [5, 5.41) is 1.38. The third-order valence-electron chi connectivity index (χ3n) is 2.82. The topological polar surface area (TPSA) is 0 Å². The van der Waals surface area contributed by atoms with Crippen LogP contribution in [0.1, 0.15) is 29.8 Å². The summed E-state index contributed by atoms with van der Waals surface area (Å²) in [6.45, 7) is 4.47. The molecule has 14 heavy (non-hydrogen) atoms. The van der Waals surface area contributed by atoms with E-state index in [0.29, 0.717) is 9.85 Å². The quantitative estimate of drug-likeness (QED) is 0.590. The average Bonchev–Trinajstić information content (AvgIpc) is 2.33. The fraction of sp³-hybridized carbons (Fsp3) is 0.455. The van der Waals surface area contributed by atoms with E-state index in [-0.39, 0.29) is 5.41 Å². The van der Waals surface area contributed by atoms with Gasteiger partial charge in [-0.1, -0.05) is 59.0 Å². The molecular weight excluding hydrogens is 283 g/mol. The summed E-state index contributed by atoms with van der Waals surface area (Å²) in [6, 6.07) is 3.94. The van der Waals surface area contributed by atoms with Gasteiger partial charge in [-0.15, -0.1) is 0 Å². The third kappa shape index (κ3) is 1.50. The van der Waals surface area contributed by atoms with Gasteiger partial charge in [0.05, 0.1) is 10.0 Å². The predicted molar refractivity (Wildman–Crippen MR) is 65.6 cm³/mol. The number of fused-ring (bicyclic) bond motifs is 1. The van der Waals surface area contributed by atoms with Gasteiger partial charge in [0.15, 0.2) is 0 Å². The minimum atomic E-state index is 0.219. The molecule has 1 aromatic carbocycles. The Morgan fingerprint density at radius 1 is 1.36 bits per heavy atom. The molecule has 0 amide bonds. The van der Waals surface area contributed by atoms with Gasteiger partial charge in [0.1, 0.15) is 0 Å². The minimum Gasteiger partial charge on any atom is -0.0833 e. The van der Waals surface area contributed by atoms with Crippen molar-refractivity contribution in [2.24, 2.45) is 5.41 Å². The number of rotatable bonds is 0. The third-order valence-corrected chi connectivity index (χ3v) is 5.40. The van der Waals surface area contributed by atoms with Gasteiger partial charge in [0.25, 0.3) is 0 Å². The molecule has 3 heteroatoms. The molecule has 0 radical (unpaired) electrons. The monoisotopic (exact) mass is 292 g/mol. The molecule has 1 unspecified atom stereocenters. The van der Waals surface area contributed by atoms with Crippen molar-refractivity contribution in [3.63, 3.8) is 0 Å². The van der Waals surface area contributed by atoms with Crippen molar-refractivity contribution in [1.29, 1.82) is 0 Å². The van der Waals surface area contributed by atoms with Crippen molar-refractivity contribution in [2.75, 3.05) is 0 Å². The van der Waals surface area contributed by atoms with Gasteiger partial charge >= 0.3 is 0 Å². The second-order valence-corrected chi connectivity index (χ2v) is 6.16. The van der Waals surface area contributed by atoms with Crippen LogP contribution in [0.25, 0.3) is 0 Å². The molecule has 1 atom stereocenters. The van der Waals surface area contributed by atoms with Gasteiger partial charge in [0.2, 0.25) is 0 Å². The number of halogens is 3. The van der Waals surface area contributed by atoms with Crippen molar-refractivity contribution in [1.82, 2.24) is 0 Å². The van der Waals surface area contributed by atoms with E-state index in [1.807, 2.05) is 6.07 Å². The average molecular weight is 294 g/mol. The van der Waals surface area contributed by atoms with E-state index in [2.05, 4.69) is 35.8 Å². The second-order valence-electron chi connectivity index (χ2n) is 4.46. The van der Waals surface area contributed by atoms with E-state index in [4.69, 9.17) is 23.2 Å². The molecule has 0 aliphatic heterocycles. The highest BCUT2D eigenvalue weighted by atomic mass is 79.9. The van der Waals surface area contributed by atoms with E-state index >= 15 is 0 Å². The molecule has 2 rings (SSSR count). The van der Waals surface area contributed by atoms with Crippen molar-refractivity contribution >= 4 is 39.1 Å². The molecule has 1 aliphatic carbocycles. The standard InChI is InChI=1S/C11H11BrCl2/c1-11(2)5-7-6(10(11)12)3-4-8(13)9(7)14/h3-4,10H,5H2,1-2H3. The second kappa shape index (κ2) is 3.40. The van der Waals surface area contributed by atoms with Gasteiger partial charge in [-0.3, -0.25) is 0 Å². The van der Waals surface area contributed by atoms with Crippen LogP contribution in [-0.2, 0) is 6.42 Å². The SMILES string of the molecule is CC1(C)Cc2c(ccc(Cl)c2Cl)C1Br. The Balaban J connectivity index is 2.59. The Morgan fingerprint density at radius 3 is 2.64 bits per heavy atom. The number of alkyl halides is 1. The van der Waals surface area contributed by atoms with E-state index in [9.17, 15) is 0 Å². The summed E-state index contributed by atoms with van der Waals surface area (Å²) in [7, 11) is 0. The van der Waals surface area contributed by atoms with Gasteiger partial charge in [0, 0.05) is 4.83 Å². The number of hydrogen-bond donors (Lipinski definition) is 0. The van der Waals surface area contributed by atoms with Crippen molar-refractivity contribution in [3.05, 3.63) is 33.3 Å². The normalized spacial score (nSPS) is 23.6. The first-order chi connectivity index (χ1) is 6.43. The van der Waals surface area contributed by atoms with Crippen LogP contribution in [0.2, 0.25) is 10.0 Å². The van der Waals surface area contributed by atoms with Crippen LogP contribution < -0.4 is 0 Å². The lowest BCUT2D eigenvalue weighted by atomic mass is 9.90.